The summed E-state index contributed by atoms with van der Waals surface area (Å²) in [5.41, 5.74) is 0.536. The van der Waals surface area contributed by atoms with Crippen LogP contribution in [-0.4, -0.2) is 36.3 Å². The standard InChI is InChI=1S/C15H18ClNO5/c16-12-7-10(4-5-13(12)22-9-15(19)20)17-14(18)8-11-3-1-2-6-21-11/h4-5,7,11H,1-3,6,8-9H2,(H,17,18)(H,19,20)/t11-/m1/s1. The molecule has 22 heavy (non-hydrogen) atoms. The van der Waals surface area contributed by atoms with Crippen molar-refractivity contribution in [2.45, 2.75) is 31.8 Å². The summed E-state index contributed by atoms with van der Waals surface area (Å²) in [6, 6.07) is 4.67. The van der Waals surface area contributed by atoms with Crippen LogP contribution < -0.4 is 10.1 Å². The Bertz CT molecular complexity index is 543. The molecule has 0 bridgehead atoms. The minimum atomic E-state index is -1.08. The highest BCUT2D eigenvalue weighted by atomic mass is 35.5. The van der Waals surface area contributed by atoms with Gasteiger partial charge in [-0.1, -0.05) is 11.6 Å². The lowest BCUT2D eigenvalue weighted by molar-refractivity contribution is -0.139. The van der Waals surface area contributed by atoms with Gasteiger partial charge in [-0.15, -0.1) is 0 Å². The summed E-state index contributed by atoms with van der Waals surface area (Å²) in [6.07, 6.45) is 3.32. The summed E-state index contributed by atoms with van der Waals surface area (Å²) in [6.45, 7) is 0.240. The topological polar surface area (TPSA) is 84.9 Å². The molecule has 2 rings (SSSR count). The molecule has 6 nitrogen and oxygen atoms in total. The number of rotatable bonds is 6. The van der Waals surface area contributed by atoms with Crippen molar-refractivity contribution in [3.05, 3.63) is 23.2 Å². The second-order valence-corrected chi connectivity index (χ2v) is 5.48. The Balaban J connectivity index is 1.88. The second kappa shape index (κ2) is 8.00. The number of carboxylic acids is 1. The first-order valence-electron chi connectivity index (χ1n) is 7.10. The summed E-state index contributed by atoms with van der Waals surface area (Å²) < 4.78 is 10.5. The molecule has 0 aliphatic carbocycles. The number of amides is 1. The fraction of sp³-hybridized carbons (Fsp3) is 0.467. The van der Waals surface area contributed by atoms with Crippen molar-refractivity contribution in [3.63, 3.8) is 0 Å². The molecule has 0 spiro atoms. The first-order valence-corrected chi connectivity index (χ1v) is 7.48. The van der Waals surface area contributed by atoms with Crippen LogP contribution in [0.1, 0.15) is 25.7 Å². The van der Waals surface area contributed by atoms with Crippen molar-refractivity contribution in [3.8, 4) is 5.75 Å². The molecule has 120 valence electrons. The zero-order valence-corrected chi connectivity index (χ0v) is 12.8. The van der Waals surface area contributed by atoms with Gasteiger partial charge in [-0.3, -0.25) is 4.79 Å². The lowest BCUT2D eigenvalue weighted by Crippen LogP contribution is -2.25. The Hall–Kier alpha value is -1.79. The van der Waals surface area contributed by atoms with Gasteiger partial charge in [-0.25, -0.2) is 4.79 Å². The summed E-state index contributed by atoms with van der Waals surface area (Å²) in [5.74, 6) is -0.958. The third-order valence-electron chi connectivity index (χ3n) is 3.25. The van der Waals surface area contributed by atoms with Crippen LogP contribution in [-0.2, 0) is 14.3 Å². The maximum Gasteiger partial charge on any atom is 0.341 e. The molecule has 1 aliphatic rings. The van der Waals surface area contributed by atoms with E-state index in [1.165, 1.54) is 12.1 Å². The Kier molecular flexibility index (Phi) is 6.03. The summed E-state index contributed by atoms with van der Waals surface area (Å²) >= 11 is 5.99. The predicted molar refractivity (Wildman–Crippen MR) is 81.4 cm³/mol. The van der Waals surface area contributed by atoms with E-state index in [1.807, 2.05) is 0 Å². The molecular weight excluding hydrogens is 310 g/mol. The Labute approximate surface area is 133 Å². The van der Waals surface area contributed by atoms with Crippen LogP contribution in [0.4, 0.5) is 5.69 Å². The number of ether oxygens (including phenoxy) is 2. The molecule has 1 saturated heterocycles. The van der Waals surface area contributed by atoms with Gasteiger partial charge in [0.15, 0.2) is 6.61 Å². The number of hydrogen-bond acceptors (Lipinski definition) is 4. The van der Waals surface area contributed by atoms with Crippen LogP contribution in [0.5, 0.6) is 5.75 Å². The van der Waals surface area contributed by atoms with E-state index in [0.29, 0.717) is 18.7 Å². The zero-order valence-electron chi connectivity index (χ0n) is 12.0. The summed E-state index contributed by atoms with van der Waals surface area (Å²) in [7, 11) is 0. The minimum Gasteiger partial charge on any atom is -0.480 e. The number of anilines is 1. The van der Waals surface area contributed by atoms with E-state index in [1.54, 1.807) is 6.07 Å². The average molecular weight is 328 g/mol. The molecule has 0 saturated carbocycles. The third-order valence-corrected chi connectivity index (χ3v) is 3.55. The second-order valence-electron chi connectivity index (χ2n) is 5.07. The van der Waals surface area contributed by atoms with Crippen molar-refractivity contribution < 1.29 is 24.2 Å². The highest BCUT2D eigenvalue weighted by Gasteiger charge is 2.18. The highest BCUT2D eigenvalue weighted by Crippen LogP contribution is 2.28. The van der Waals surface area contributed by atoms with Gasteiger partial charge in [0.25, 0.3) is 0 Å². The molecular formula is C15H18ClNO5. The van der Waals surface area contributed by atoms with E-state index in [4.69, 9.17) is 26.2 Å². The lowest BCUT2D eigenvalue weighted by atomic mass is 10.1. The number of nitrogens with one attached hydrogen (secondary N) is 1. The van der Waals surface area contributed by atoms with E-state index in [2.05, 4.69) is 5.32 Å². The number of benzene rings is 1. The first-order chi connectivity index (χ1) is 10.5. The van der Waals surface area contributed by atoms with Gasteiger partial charge in [-0.05, 0) is 37.5 Å². The fourth-order valence-electron chi connectivity index (χ4n) is 2.22. The van der Waals surface area contributed by atoms with E-state index >= 15 is 0 Å². The molecule has 1 fully saturated rings. The smallest absolute Gasteiger partial charge is 0.341 e. The van der Waals surface area contributed by atoms with Gasteiger partial charge in [0, 0.05) is 12.3 Å². The van der Waals surface area contributed by atoms with Crippen LogP contribution in [0.2, 0.25) is 5.02 Å². The molecule has 2 N–H and O–H groups in total. The van der Waals surface area contributed by atoms with Crippen LogP contribution in [0.15, 0.2) is 18.2 Å². The number of halogens is 1. The van der Waals surface area contributed by atoms with Crippen LogP contribution in [0, 0.1) is 0 Å². The molecule has 0 radical (unpaired) electrons. The Morgan fingerprint density at radius 3 is 2.86 bits per heavy atom. The van der Waals surface area contributed by atoms with E-state index in [9.17, 15) is 9.59 Å². The van der Waals surface area contributed by atoms with Gasteiger partial charge < -0.3 is 19.9 Å². The number of hydrogen-bond donors (Lipinski definition) is 2. The number of aliphatic carboxylic acids is 1. The highest BCUT2D eigenvalue weighted by molar-refractivity contribution is 6.32. The number of carboxylic acid groups (broad SMARTS) is 1. The monoisotopic (exact) mass is 327 g/mol. The molecule has 0 unspecified atom stereocenters. The first kappa shape index (κ1) is 16.6. The van der Waals surface area contributed by atoms with Crippen molar-refractivity contribution in [2.24, 2.45) is 0 Å². The summed E-state index contributed by atoms with van der Waals surface area (Å²) in [5, 5.41) is 11.5. The Morgan fingerprint density at radius 1 is 1.41 bits per heavy atom. The van der Waals surface area contributed by atoms with Crippen molar-refractivity contribution in [2.75, 3.05) is 18.5 Å². The van der Waals surface area contributed by atoms with E-state index in [-0.39, 0.29) is 22.8 Å². The molecule has 1 atom stereocenters. The quantitative estimate of drug-likeness (QED) is 0.839. The molecule has 1 aliphatic heterocycles. The molecule has 1 amide bonds. The number of carbonyl (C=O) groups is 2. The average Bonchev–Trinajstić information content (AvgIpc) is 2.47. The lowest BCUT2D eigenvalue weighted by Gasteiger charge is -2.22. The maximum absolute atomic E-state index is 11.9. The molecule has 0 aromatic heterocycles. The maximum atomic E-state index is 11.9. The molecule has 1 aromatic rings. The van der Waals surface area contributed by atoms with Gasteiger partial charge in [0.2, 0.25) is 5.91 Å². The van der Waals surface area contributed by atoms with Crippen molar-refractivity contribution in [1.82, 2.24) is 0 Å². The van der Waals surface area contributed by atoms with Gasteiger partial charge in [0.1, 0.15) is 5.75 Å². The minimum absolute atomic E-state index is 0.0256. The number of carbonyl (C=O) groups excluding carboxylic acids is 1. The van der Waals surface area contributed by atoms with Crippen molar-refractivity contribution >= 4 is 29.2 Å². The normalized spacial score (nSPS) is 17.8. The van der Waals surface area contributed by atoms with Crippen LogP contribution in [0.3, 0.4) is 0 Å². The molecule has 1 aromatic carbocycles. The largest absolute Gasteiger partial charge is 0.480 e. The van der Waals surface area contributed by atoms with Gasteiger partial charge in [-0.2, -0.15) is 0 Å². The van der Waals surface area contributed by atoms with Gasteiger partial charge in [0.05, 0.1) is 17.5 Å². The van der Waals surface area contributed by atoms with E-state index < -0.39 is 12.6 Å². The Morgan fingerprint density at radius 2 is 2.23 bits per heavy atom. The third kappa shape index (κ3) is 5.20. The van der Waals surface area contributed by atoms with Crippen molar-refractivity contribution in [1.29, 1.82) is 0 Å². The zero-order chi connectivity index (χ0) is 15.9. The molecule has 1 heterocycles. The van der Waals surface area contributed by atoms with Crippen LogP contribution in [0.25, 0.3) is 0 Å². The SMILES string of the molecule is O=C(O)COc1ccc(NC(=O)C[C@H]2CCCCO2)cc1Cl. The molecule has 7 heteroatoms. The van der Waals surface area contributed by atoms with Crippen LogP contribution >= 0.6 is 11.6 Å². The van der Waals surface area contributed by atoms with E-state index in [0.717, 1.165) is 19.3 Å². The predicted octanol–water partition coefficient (Wildman–Crippen LogP) is 2.70. The van der Waals surface area contributed by atoms with Gasteiger partial charge >= 0.3 is 5.97 Å². The fourth-order valence-corrected chi connectivity index (χ4v) is 2.46. The summed E-state index contributed by atoms with van der Waals surface area (Å²) in [4.78, 5) is 22.4.